The summed E-state index contributed by atoms with van der Waals surface area (Å²) in [4.78, 5) is 16.4. The number of amides is 1. The number of rotatable bonds is 3. The monoisotopic (exact) mass is 317 g/mol. The number of anilines is 2. The number of nitrogens with zero attached hydrogens (tertiary/aromatic N) is 1. The van der Waals surface area contributed by atoms with Crippen LogP contribution < -0.4 is 10.6 Å². The Morgan fingerprint density at radius 2 is 1.86 bits per heavy atom. The molecule has 1 heterocycles. The first-order valence-electron chi connectivity index (χ1n) is 7.05. The molecule has 0 bridgehead atoms. The minimum atomic E-state index is -0.218. The normalized spacial score (nSPS) is 11.1. The highest BCUT2D eigenvalue weighted by atomic mass is 35.5. The van der Waals surface area contributed by atoms with Crippen molar-refractivity contribution in [3.05, 3.63) is 52.8 Å². The fourth-order valence-corrected chi connectivity index (χ4v) is 2.12. The van der Waals surface area contributed by atoms with E-state index in [0.717, 1.165) is 11.3 Å². The van der Waals surface area contributed by atoms with Crippen molar-refractivity contribution in [2.45, 2.75) is 33.2 Å². The van der Waals surface area contributed by atoms with E-state index in [9.17, 15) is 4.79 Å². The van der Waals surface area contributed by atoms with Crippen molar-refractivity contribution in [1.29, 1.82) is 0 Å². The first-order valence-corrected chi connectivity index (χ1v) is 7.43. The molecule has 2 rings (SSSR count). The van der Waals surface area contributed by atoms with E-state index in [0.29, 0.717) is 16.3 Å². The molecule has 1 amide bonds. The van der Waals surface area contributed by atoms with Gasteiger partial charge >= 0.3 is 0 Å². The summed E-state index contributed by atoms with van der Waals surface area (Å²) in [6, 6.07) is 7.21. The van der Waals surface area contributed by atoms with Crippen molar-refractivity contribution in [1.82, 2.24) is 4.98 Å². The van der Waals surface area contributed by atoms with Crippen LogP contribution in [0.2, 0.25) is 5.02 Å². The Kier molecular flexibility index (Phi) is 4.71. The molecule has 0 saturated heterocycles. The number of aryl methyl sites for hydroxylation is 1. The molecule has 0 aliphatic carbocycles. The zero-order chi connectivity index (χ0) is 16.3. The molecule has 0 atom stereocenters. The molecule has 2 aromatic rings. The molecular formula is C17H20ClN3O. The van der Waals surface area contributed by atoms with E-state index in [1.807, 2.05) is 39.8 Å². The molecule has 1 aromatic heterocycles. The van der Waals surface area contributed by atoms with Crippen molar-refractivity contribution < 1.29 is 4.79 Å². The molecule has 0 unspecified atom stereocenters. The van der Waals surface area contributed by atoms with Crippen LogP contribution >= 0.6 is 11.6 Å². The van der Waals surface area contributed by atoms with E-state index in [2.05, 4.69) is 15.6 Å². The van der Waals surface area contributed by atoms with Gasteiger partial charge in [0, 0.05) is 28.6 Å². The van der Waals surface area contributed by atoms with E-state index in [4.69, 9.17) is 11.6 Å². The van der Waals surface area contributed by atoms with E-state index < -0.39 is 0 Å². The van der Waals surface area contributed by atoms with Crippen LogP contribution in [0.5, 0.6) is 0 Å². The number of hydrogen-bond donors (Lipinski definition) is 2. The Morgan fingerprint density at radius 3 is 2.50 bits per heavy atom. The van der Waals surface area contributed by atoms with Gasteiger partial charge in [0.1, 0.15) is 0 Å². The summed E-state index contributed by atoms with van der Waals surface area (Å²) < 4.78 is 0. The van der Waals surface area contributed by atoms with Crippen LogP contribution in [-0.4, -0.2) is 16.4 Å². The second kappa shape index (κ2) is 6.36. The van der Waals surface area contributed by atoms with Gasteiger partial charge in [0.25, 0.3) is 5.91 Å². The summed E-state index contributed by atoms with van der Waals surface area (Å²) in [6.45, 7) is 8.07. The first kappa shape index (κ1) is 16.3. The van der Waals surface area contributed by atoms with Crippen molar-refractivity contribution in [2.24, 2.45) is 0 Å². The van der Waals surface area contributed by atoms with Crippen LogP contribution in [0.25, 0.3) is 0 Å². The Hall–Kier alpha value is -2.07. The summed E-state index contributed by atoms with van der Waals surface area (Å²) in [6.07, 6.45) is 3.24. The number of nitrogens with one attached hydrogen (secondary N) is 2. The van der Waals surface area contributed by atoms with E-state index in [1.165, 1.54) is 0 Å². The highest BCUT2D eigenvalue weighted by Crippen LogP contribution is 2.21. The highest BCUT2D eigenvalue weighted by Gasteiger charge is 2.12. The van der Waals surface area contributed by atoms with Crippen LogP contribution in [0, 0.1) is 6.92 Å². The first-order chi connectivity index (χ1) is 10.2. The van der Waals surface area contributed by atoms with Gasteiger partial charge in [-0.3, -0.25) is 9.78 Å². The molecule has 0 fully saturated rings. The van der Waals surface area contributed by atoms with Gasteiger partial charge in [0.05, 0.1) is 11.3 Å². The molecule has 0 radical (unpaired) electrons. The molecule has 0 aliphatic rings. The standard InChI is InChI=1S/C17H20ClN3O/c1-11-5-6-13(8-15(11)18)20-16(22)12-7-14(10-19-9-12)21-17(2,3)4/h5-10,21H,1-4H3,(H,20,22). The maximum Gasteiger partial charge on any atom is 0.257 e. The third-order valence-electron chi connectivity index (χ3n) is 2.95. The number of carbonyl (C=O) groups is 1. The Balaban J connectivity index is 2.15. The average Bonchev–Trinajstić information content (AvgIpc) is 2.41. The molecule has 116 valence electrons. The number of pyridine rings is 1. The maximum absolute atomic E-state index is 12.3. The Labute approximate surface area is 135 Å². The quantitative estimate of drug-likeness (QED) is 0.876. The van der Waals surface area contributed by atoms with E-state index in [-0.39, 0.29) is 11.4 Å². The largest absolute Gasteiger partial charge is 0.379 e. The molecule has 1 aromatic carbocycles. The average molecular weight is 318 g/mol. The van der Waals surface area contributed by atoms with Gasteiger partial charge in [0.2, 0.25) is 0 Å². The van der Waals surface area contributed by atoms with Crippen LogP contribution in [0.15, 0.2) is 36.7 Å². The smallest absolute Gasteiger partial charge is 0.257 e. The van der Waals surface area contributed by atoms with Crippen molar-refractivity contribution in [3.63, 3.8) is 0 Å². The SMILES string of the molecule is Cc1ccc(NC(=O)c2cncc(NC(C)(C)C)c2)cc1Cl. The zero-order valence-corrected chi connectivity index (χ0v) is 14.0. The van der Waals surface area contributed by atoms with Gasteiger partial charge < -0.3 is 10.6 Å². The third-order valence-corrected chi connectivity index (χ3v) is 3.36. The number of halogens is 1. The van der Waals surface area contributed by atoms with Gasteiger partial charge in [-0.15, -0.1) is 0 Å². The summed E-state index contributed by atoms with van der Waals surface area (Å²) in [5.74, 6) is -0.218. The van der Waals surface area contributed by atoms with Gasteiger partial charge in [-0.05, 0) is 51.5 Å². The highest BCUT2D eigenvalue weighted by molar-refractivity contribution is 6.31. The predicted molar refractivity (Wildman–Crippen MR) is 91.8 cm³/mol. The topological polar surface area (TPSA) is 54.0 Å². The number of carbonyl (C=O) groups excluding carboxylic acids is 1. The lowest BCUT2D eigenvalue weighted by molar-refractivity contribution is 0.102. The fraction of sp³-hybridized carbons (Fsp3) is 0.294. The third kappa shape index (κ3) is 4.46. The molecule has 0 spiro atoms. The van der Waals surface area contributed by atoms with Crippen molar-refractivity contribution in [3.8, 4) is 0 Å². The molecule has 0 saturated carbocycles. The molecule has 2 N–H and O–H groups in total. The van der Waals surface area contributed by atoms with Crippen LogP contribution in [0.4, 0.5) is 11.4 Å². The van der Waals surface area contributed by atoms with Gasteiger partial charge in [0.15, 0.2) is 0 Å². The lowest BCUT2D eigenvalue weighted by Crippen LogP contribution is -2.26. The molecule has 22 heavy (non-hydrogen) atoms. The zero-order valence-electron chi connectivity index (χ0n) is 13.2. The lowest BCUT2D eigenvalue weighted by Gasteiger charge is -2.22. The lowest BCUT2D eigenvalue weighted by atomic mass is 10.1. The molecule has 5 heteroatoms. The summed E-state index contributed by atoms with van der Waals surface area (Å²) in [5.41, 5.74) is 2.84. The van der Waals surface area contributed by atoms with Gasteiger partial charge in [-0.2, -0.15) is 0 Å². The number of benzene rings is 1. The second-order valence-corrected chi connectivity index (χ2v) is 6.66. The summed E-state index contributed by atoms with van der Waals surface area (Å²) in [5, 5.41) is 6.74. The predicted octanol–water partition coefficient (Wildman–Crippen LogP) is 4.51. The minimum Gasteiger partial charge on any atom is -0.379 e. The van der Waals surface area contributed by atoms with Crippen molar-refractivity contribution in [2.75, 3.05) is 10.6 Å². The molecule has 0 aliphatic heterocycles. The molecular weight excluding hydrogens is 298 g/mol. The number of aromatic nitrogens is 1. The van der Waals surface area contributed by atoms with Crippen LogP contribution in [0.3, 0.4) is 0 Å². The number of hydrogen-bond acceptors (Lipinski definition) is 3. The van der Waals surface area contributed by atoms with E-state index >= 15 is 0 Å². The van der Waals surface area contributed by atoms with Crippen LogP contribution in [-0.2, 0) is 0 Å². The Bertz CT molecular complexity index is 693. The van der Waals surface area contributed by atoms with E-state index in [1.54, 1.807) is 24.5 Å². The Morgan fingerprint density at radius 1 is 1.14 bits per heavy atom. The fourth-order valence-electron chi connectivity index (χ4n) is 1.94. The summed E-state index contributed by atoms with van der Waals surface area (Å²) >= 11 is 6.07. The second-order valence-electron chi connectivity index (χ2n) is 6.26. The summed E-state index contributed by atoms with van der Waals surface area (Å²) in [7, 11) is 0. The van der Waals surface area contributed by atoms with Crippen LogP contribution in [0.1, 0.15) is 36.7 Å². The van der Waals surface area contributed by atoms with Crippen molar-refractivity contribution >= 4 is 28.9 Å². The maximum atomic E-state index is 12.3. The van der Waals surface area contributed by atoms with Gasteiger partial charge in [-0.1, -0.05) is 17.7 Å². The minimum absolute atomic E-state index is 0.0960. The van der Waals surface area contributed by atoms with Gasteiger partial charge in [-0.25, -0.2) is 0 Å². The molecule has 4 nitrogen and oxygen atoms in total.